The molecule has 5 atom stereocenters. The van der Waals surface area contributed by atoms with E-state index in [-0.39, 0.29) is 35.7 Å². The number of Topliss-reactive ketones (excluding diaryl/α,β-unsaturated/α-hetero) is 1. The molecule has 5 heteroatoms. The van der Waals surface area contributed by atoms with Crippen LogP contribution in [0, 0.1) is 17.3 Å². The highest BCUT2D eigenvalue weighted by molar-refractivity contribution is 5.99. The summed E-state index contributed by atoms with van der Waals surface area (Å²) in [5.41, 5.74) is -0.00740. The SMILES string of the molecule is C[C@]12CC[C@@H]3c4ccc(O)cc4C(=O)C[C@H]3[C@@H]1CC[C@@]2(O)CC(=O)O. The number of aliphatic carboxylic acids is 1. The number of phenols is 1. The fraction of sp³-hybridized carbons (Fsp3) is 0.600. The number of hydrogen-bond donors (Lipinski definition) is 3. The van der Waals surface area contributed by atoms with Crippen molar-refractivity contribution in [3.63, 3.8) is 0 Å². The number of phenolic OH excluding ortho intramolecular Hbond substituents is 1. The number of carboxylic acid groups (broad SMARTS) is 1. The second-order valence-corrected chi connectivity index (χ2v) is 8.37. The number of fused-ring (bicyclic) bond motifs is 5. The van der Waals surface area contributed by atoms with E-state index in [4.69, 9.17) is 0 Å². The van der Waals surface area contributed by atoms with Gasteiger partial charge in [-0.15, -0.1) is 0 Å². The molecule has 2 fully saturated rings. The Morgan fingerprint density at radius 1 is 1.28 bits per heavy atom. The molecule has 0 bridgehead atoms. The van der Waals surface area contributed by atoms with Crippen molar-refractivity contribution in [3.8, 4) is 5.75 Å². The quantitative estimate of drug-likeness (QED) is 0.766. The molecule has 1 aromatic rings. The molecule has 0 saturated heterocycles. The first kappa shape index (κ1) is 16.6. The molecule has 25 heavy (non-hydrogen) atoms. The second-order valence-electron chi connectivity index (χ2n) is 8.37. The summed E-state index contributed by atoms with van der Waals surface area (Å²) in [4.78, 5) is 23.9. The minimum absolute atomic E-state index is 0.0464. The maximum atomic E-state index is 12.7. The average Bonchev–Trinajstić information content (AvgIpc) is 2.79. The summed E-state index contributed by atoms with van der Waals surface area (Å²) in [5, 5.41) is 30.0. The van der Waals surface area contributed by atoms with Gasteiger partial charge < -0.3 is 15.3 Å². The normalized spacial score (nSPS) is 39.4. The third-order valence-corrected chi connectivity index (χ3v) is 7.36. The molecule has 3 aliphatic carbocycles. The molecule has 0 radical (unpaired) electrons. The van der Waals surface area contributed by atoms with Crippen LogP contribution in [-0.2, 0) is 4.79 Å². The standard InChI is InChI=1S/C20H24O5/c1-19-6-4-13-12-3-2-11(21)8-15(12)17(22)9-14(13)16(19)5-7-20(19,25)10-18(23)24/h2-3,8,13-14,16,21,25H,4-7,9-10H2,1H3,(H,23,24)/t13-,14-,16+,19+,20-/m1/s1. The van der Waals surface area contributed by atoms with Crippen molar-refractivity contribution in [2.45, 2.75) is 57.0 Å². The maximum Gasteiger partial charge on any atom is 0.306 e. The number of aliphatic hydroxyl groups is 1. The minimum Gasteiger partial charge on any atom is -0.508 e. The Morgan fingerprint density at radius 2 is 2.04 bits per heavy atom. The lowest BCUT2D eigenvalue weighted by Crippen LogP contribution is -2.52. The minimum atomic E-state index is -1.19. The van der Waals surface area contributed by atoms with Gasteiger partial charge in [-0.05, 0) is 61.1 Å². The molecule has 2 saturated carbocycles. The number of aromatic hydroxyl groups is 1. The van der Waals surface area contributed by atoms with Crippen LogP contribution in [0.4, 0.5) is 0 Å². The Hall–Kier alpha value is -1.88. The highest BCUT2D eigenvalue weighted by Crippen LogP contribution is 2.65. The molecule has 0 aromatic heterocycles. The van der Waals surface area contributed by atoms with Crippen LogP contribution >= 0.6 is 0 Å². The van der Waals surface area contributed by atoms with Gasteiger partial charge in [0.2, 0.25) is 0 Å². The average molecular weight is 344 g/mol. The smallest absolute Gasteiger partial charge is 0.306 e. The van der Waals surface area contributed by atoms with Crippen LogP contribution in [0.1, 0.15) is 67.3 Å². The monoisotopic (exact) mass is 344 g/mol. The van der Waals surface area contributed by atoms with Crippen molar-refractivity contribution < 1.29 is 24.9 Å². The van der Waals surface area contributed by atoms with Crippen molar-refractivity contribution >= 4 is 11.8 Å². The Kier molecular flexibility index (Phi) is 3.52. The number of benzene rings is 1. The van der Waals surface area contributed by atoms with E-state index in [1.54, 1.807) is 12.1 Å². The predicted molar refractivity (Wildman–Crippen MR) is 90.6 cm³/mol. The van der Waals surface area contributed by atoms with Crippen molar-refractivity contribution in [1.82, 2.24) is 0 Å². The number of carbonyl (C=O) groups excluding carboxylic acids is 1. The van der Waals surface area contributed by atoms with Crippen LogP contribution in [0.15, 0.2) is 18.2 Å². The van der Waals surface area contributed by atoms with Crippen molar-refractivity contribution in [2.75, 3.05) is 0 Å². The van der Waals surface area contributed by atoms with Crippen LogP contribution in [0.25, 0.3) is 0 Å². The maximum absolute atomic E-state index is 12.7. The lowest BCUT2D eigenvalue weighted by molar-refractivity contribution is -0.153. The van der Waals surface area contributed by atoms with Gasteiger partial charge in [0.05, 0.1) is 12.0 Å². The molecular weight excluding hydrogens is 320 g/mol. The summed E-state index contributed by atoms with van der Waals surface area (Å²) in [6, 6.07) is 5.06. The largest absolute Gasteiger partial charge is 0.508 e. The van der Waals surface area contributed by atoms with Crippen LogP contribution in [0.2, 0.25) is 0 Å². The van der Waals surface area contributed by atoms with Gasteiger partial charge in [-0.25, -0.2) is 0 Å². The lowest BCUT2D eigenvalue weighted by Gasteiger charge is -2.52. The van der Waals surface area contributed by atoms with Gasteiger partial charge in [-0.1, -0.05) is 13.0 Å². The molecule has 0 aliphatic heterocycles. The van der Waals surface area contributed by atoms with Crippen LogP contribution in [-0.4, -0.2) is 32.7 Å². The summed E-state index contributed by atoms with van der Waals surface area (Å²) in [5.74, 6) is -0.258. The molecule has 134 valence electrons. The fourth-order valence-corrected chi connectivity index (χ4v) is 6.04. The molecule has 1 aromatic carbocycles. The third kappa shape index (κ3) is 2.25. The predicted octanol–water partition coefficient (Wildman–Crippen LogP) is 3.09. The number of rotatable bonds is 2. The Bertz CT molecular complexity index is 756. The zero-order valence-electron chi connectivity index (χ0n) is 14.4. The van der Waals surface area contributed by atoms with E-state index in [0.29, 0.717) is 18.4 Å². The number of ketones is 1. The first-order chi connectivity index (χ1) is 11.7. The molecule has 0 amide bonds. The van der Waals surface area contributed by atoms with Crippen LogP contribution < -0.4 is 0 Å². The topological polar surface area (TPSA) is 94.8 Å². The summed E-state index contributed by atoms with van der Waals surface area (Å²) in [6.07, 6.45) is 3.05. The zero-order chi connectivity index (χ0) is 18.0. The first-order valence-electron chi connectivity index (χ1n) is 9.05. The van der Waals surface area contributed by atoms with Gasteiger partial charge in [-0.3, -0.25) is 9.59 Å². The molecule has 0 unspecified atom stereocenters. The summed E-state index contributed by atoms with van der Waals surface area (Å²) < 4.78 is 0. The molecule has 5 nitrogen and oxygen atoms in total. The van der Waals surface area contributed by atoms with Crippen molar-refractivity contribution in [2.24, 2.45) is 17.3 Å². The highest BCUT2D eigenvalue weighted by atomic mass is 16.4. The zero-order valence-corrected chi connectivity index (χ0v) is 14.4. The van der Waals surface area contributed by atoms with E-state index >= 15 is 0 Å². The second kappa shape index (κ2) is 5.31. The summed E-state index contributed by atoms with van der Waals surface area (Å²) >= 11 is 0. The lowest BCUT2D eigenvalue weighted by atomic mass is 9.53. The molecule has 4 rings (SSSR count). The van der Waals surface area contributed by atoms with E-state index < -0.39 is 17.0 Å². The Balaban J connectivity index is 1.72. The van der Waals surface area contributed by atoms with E-state index in [1.807, 2.05) is 13.0 Å². The van der Waals surface area contributed by atoms with Crippen LogP contribution in [0.3, 0.4) is 0 Å². The van der Waals surface area contributed by atoms with Gasteiger partial charge in [0.1, 0.15) is 5.75 Å². The third-order valence-electron chi connectivity index (χ3n) is 7.36. The van der Waals surface area contributed by atoms with E-state index in [0.717, 1.165) is 24.8 Å². The number of hydrogen-bond acceptors (Lipinski definition) is 4. The van der Waals surface area contributed by atoms with Gasteiger partial charge >= 0.3 is 5.97 Å². The Morgan fingerprint density at radius 3 is 2.76 bits per heavy atom. The summed E-state index contributed by atoms with van der Waals surface area (Å²) in [6.45, 7) is 2.01. The highest BCUT2D eigenvalue weighted by Gasteiger charge is 2.62. The van der Waals surface area contributed by atoms with Gasteiger partial charge in [0.15, 0.2) is 5.78 Å². The van der Waals surface area contributed by atoms with Crippen molar-refractivity contribution in [3.05, 3.63) is 29.3 Å². The van der Waals surface area contributed by atoms with Gasteiger partial charge in [0, 0.05) is 17.4 Å². The fourth-order valence-electron chi connectivity index (χ4n) is 6.04. The molecular formula is C20H24O5. The molecule has 0 heterocycles. The number of carbonyl (C=O) groups is 2. The summed E-state index contributed by atoms with van der Waals surface area (Å²) in [7, 11) is 0. The first-order valence-corrected chi connectivity index (χ1v) is 9.05. The van der Waals surface area contributed by atoms with E-state index in [2.05, 4.69) is 0 Å². The van der Waals surface area contributed by atoms with Crippen molar-refractivity contribution in [1.29, 1.82) is 0 Å². The molecule has 3 N–H and O–H groups in total. The van der Waals surface area contributed by atoms with E-state index in [1.165, 1.54) is 0 Å². The Labute approximate surface area is 146 Å². The molecule has 0 spiro atoms. The van der Waals surface area contributed by atoms with Gasteiger partial charge in [-0.2, -0.15) is 0 Å². The van der Waals surface area contributed by atoms with Gasteiger partial charge in [0.25, 0.3) is 0 Å². The molecule has 3 aliphatic rings. The van der Waals surface area contributed by atoms with E-state index in [9.17, 15) is 24.9 Å². The number of carboxylic acids is 1. The van der Waals surface area contributed by atoms with Crippen LogP contribution in [0.5, 0.6) is 5.75 Å².